The molecule has 0 spiro atoms. The molecule has 0 aliphatic carbocycles. The van der Waals surface area contributed by atoms with Crippen molar-refractivity contribution in [3.8, 4) is 0 Å². The minimum atomic E-state index is -0.752. The highest BCUT2D eigenvalue weighted by atomic mass is 79.9. The third-order valence-corrected chi connectivity index (χ3v) is 2.72. The van der Waals surface area contributed by atoms with E-state index in [9.17, 15) is 9.59 Å². The molecule has 0 saturated carbocycles. The van der Waals surface area contributed by atoms with Gasteiger partial charge in [0.1, 0.15) is 5.94 Å². The largest absolute Gasteiger partial charge is 0.462 e. The molecule has 19 heavy (non-hydrogen) atoms. The number of rotatable bonds is 5. The first kappa shape index (κ1) is 15.0. The summed E-state index contributed by atoms with van der Waals surface area (Å²) >= 11 is 3.25. The van der Waals surface area contributed by atoms with Gasteiger partial charge in [-0.05, 0) is 30.2 Å². The predicted octanol–water partition coefficient (Wildman–Crippen LogP) is 3.04. The van der Waals surface area contributed by atoms with Crippen molar-refractivity contribution < 1.29 is 14.3 Å². The molecule has 0 N–H and O–H groups in total. The van der Waals surface area contributed by atoms with Crippen LogP contribution in [0.2, 0.25) is 0 Å². The normalized spacial score (nSPS) is 9.16. The molecule has 0 unspecified atom stereocenters. The maximum atomic E-state index is 11.7. The van der Waals surface area contributed by atoms with E-state index >= 15 is 0 Å². The molecule has 0 saturated heterocycles. The van der Waals surface area contributed by atoms with Crippen LogP contribution in [0.25, 0.3) is 16.0 Å². The van der Waals surface area contributed by atoms with Crippen molar-refractivity contribution in [2.45, 2.75) is 13.5 Å². The van der Waals surface area contributed by atoms with E-state index in [0.717, 1.165) is 0 Å². The van der Waals surface area contributed by atoms with Gasteiger partial charge in [-0.15, -0.1) is 0 Å². The van der Waals surface area contributed by atoms with Gasteiger partial charge in [0.25, 0.3) is 0 Å². The number of carbonyl (C=O) groups excluding carboxylic acids is 2. The fourth-order valence-electron chi connectivity index (χ4n) is 1.44. The van der Waals surface area contributed by atoms with Crippen LogP contribution in [0.5, 0.6) is 0 Å². The SMILES string of the molecule is CCOC(=O)C(=C=O)c1cc(Br)ccc1CN=[N+]=[N-]. The minimum absolute atomic E-state index is 0.0314. The summed E-state index contributed by atoms with van der Waals surface area (Å²) in [4.78, 5) is 25.3. The Hall–Kier alpha value is -2.07. The molecule has 0 aliphatic heterocycles. The predicted molar refractivity (Wildman–Crippen MR) is 72.7 cm³/mol. The fraction of sp³-hybridized carbons (Fsp3) is 0.250. The Morgan fingerprint density at radius 1 is 1.58 bits per heavy atom. The number of benzene rings is 1. The molecule has 0 aromatic heterocycles. The molecule has 0 heterocycles. The van der Waals surface area contributed by atoms with Crippen LogP contribution in [-0.2, 0) is 20.9 Å². The highest BCUT2D eigenvalue weighted by Gasteiger charge is 2.18. The molecule has 6 nitrogen and oxygen atoms in total. The summed E-state index contributed by atoms with van der Waals surface area (Å²) in [6.45, 7) is 1.83. The van der Waals surface area contributed by atoms with E-state index in [1.165, 1.54) is 0 Å². The van der Waals surface area contributed by atoms with Crippen LogP contribution in [0, 0.1) is 0 Å². The fourth-order valence-corrected chi connectivity index (χ4v) is 1.80. The molecule has 1 rings (SSSR count). The van der Waals surface area contributed by atoms with Crippen molar-refractivity contribution in [3.63, 3.8) is 0 Å². The second-order valence-electron chi connectivity index (χ2n) is 3.39. The number of halogens is 1. The number of hydrogen-bond acceptors (Lipinski definition) is 4. The molecule has 0 amide bonds. The number of nitrogens with zero attached hydrogens (tertiary/aromatic N) is 3. The third-order valence-electron chi connectivity index (χ3n) is 2.23. The lowest BCUT2D eigenvalue weighted by Crippen LogP contribution is -2.09. The van der Waals surface area contributed by atoms with Crippen LogP contribution in [0.15, 0.2) is 27.8 Å². The first-order chi connectivity index (χ1) is 9.13. The topological polar surface area (TPSA) is 92.1 Å². The van der Waals surface area contributed by atoms with Crippen molar-refractivity contribution in [2.24, 2.45) is 5.11 Å². The Labute approximate surface area is 117 Å². The summed E-state index contributed by atoms with van der Waals surface area (Å²) in [6, 6.07) is 4.96. The number of azide groups is 1. The maximum Gasteiger partial charge on any atom is 0.350 e. The lowest BCUT2D eigenvalue weighted by molar-refractivity contribution is -0.135. The Kier molecular flexibility index (Phi) is 5.82. The van der Waals surface area contributed by atoms with Gasteiger partial charge in [-0.2, -0.15) is 0 Å². The van der Waals surface area contributed by atoms with Gasteiger partial charge in [0.05, 0.1) is 13.2 Å². The van der Waals surface area contributed by atoms with Gasteiger partial charge in [0.15, 0.2) is 5.57 Å². The second-order valence-corrected chi connectivity index (χ2v) is 4.30. The van der Waals surface area contributed by atoms with Crippen molar-refractivity contribution >= 4 is 33.4 Å². The monoisotopic (exact) mass is 323 g/mol. The van der Waals surface area contributed by atoms with E-state index in [-0.39, 0.29) is 18.7 Å². The zero-order valence-electron chi connectivity index (χ0n) is 10.1. The summed E-state index contributed by atoms with van der Waals surface area (Å²) < 4.78 is 5.48. The van der Waals surface area contributed by atoms with Gasteiger partial charge >= 0.3 is 5.97 Å². The average Bonchev–Trinajstić information content (AvgIpc) is 2.39. The van der Waals surface area contributed by atoms with Crippen molar-refractivity contribution in [2.75, 3.05) is 6.61 Å². The Balaban J connectivity index is 3.29. The molecule has 0 aliphatic rings. The highest BCUT2D eigenvalue weighted by Crippen LogP contribution is 2.24. The van der Waals surface area contributed by atoms with E-state index in [1.807, 2.05) is 0 Å². The molecule has 7 heteroatoms. The van der Waals surface area contributed by atoms with E-state index in [4.69, 9.17) is 10.3 Å². The van der Waals surface area contributed by atoms with Crippen LogP contribution in [0.1, 0.15) is 18.1 Å². The Morgan fingerprint density at radius 2 is 2.32 bits per heavy atom. The molecular weight excluding hydrogens is 314 g/mol. The maximum absolute atomic E-state index is 11.7. The molecule has 98 valence electrons. The molecule has 1 aromatic carbocycles. The lowest BCUT2D eigenvalue weighted by atomic mass is 10.0. The summed E-state index contributed by atoms with van der Waals surface area (Å²) in [7, 11) is 0. The number of carbonyl (C=O) groups is 1. The van der Waals surface area contributed by atoms with Crippen molar-refractivity contribution in [1.29, 1.82) is 0 Å². The highest BCUT2D eigenvalue weighted by molar-refractivity contribution is 9.10. The van der Waals surface area contributed by atoms with E-state index < -0.39 is 5.97 Å². The van der Waals surface area contributed by atoms with E-state index in [0.29, 0.717) is 15.6 Å². The summed E-state index contributed by atoms with van der Waals surface area (Å²) in [5.41, 5.74) is 9.01. The van der Waals surface area contributed by atoms with Gasteiger partial charge in [-0.25, -0.2) is 9.59 Å². The van der Waals surface area contributed by atoms with E-state index in [1.54, 1.807) is 31.1 Å². The number of hydrogen-bond donors (Lipinski definition) is 0. The van der Waals surface area contributed by atoms with Gasteiger partial charge in [0.2, 0.25) is 0 Å². The standard InChI is InChI=1S/C12H10BrN3O3/c1-2-19-12(18)11(7-17)10-5-9(13)4-3-8(10)6-15-16-14/h3-5H,2,6H2,1H3. The summed E-state index contributed by atoms with van der Waals surface area (Å²) in [5.74, 6) is 0.831. The zero-order chi connectivity index (χ0) is 14.3. The molecular formula is C12H10BrN3O3. The third kappa shape index (κ3) is 3.96. The van der Waals surface area contributed by atoms with Crippen LogP contribution in [0.4, 0.5) is 0 Å². The quantitative estimate of drug-likeness (QED) is 0.208. The summed E-state index contributed by atoms with van der Waals surface area (Å²) in [5, 5.41) is 3.42. The molecule has 0 bridgehead atoms. The smallest absolute Gasteiger partial charge is 0.350 e. The summed E-state index contributed by atoms with van der Waals surface area (Å²) in [6.07, 6.45) is 0. The minimum Gasteiger partial charge on any atom is -0.462 e. The van der Waals surface area contributed by atoms with Gasteiger partial charge in [-0.3, -0.25) is 0 Å². The molecule has 0 fully saturated rings. The molecule has 0 atom stereocenters. The first-order valence-corrected chi connectivity index (χ1v) is 6.15. The number of esters is 1. The Bertz CT molecular complexity index is 588. The van der Waals surface area contributed by atoms with Gasteiger partial charge < -0.3 is 4.74 Å². The van der Waals surface area contributed by atoms with Gasteiger partial charge in [0, 0.05) is 14.9 Å². The zero-order valence-corrected chi connectivity index (χ0v) is 11.7. The van der Waals surface area contributed by atoms with E-state index in [2.05, 4.69) is 26.0 Å². The molecule has 0 radical (unpaired) electrons. The van der Waals surface area contributed by atoms with Crippen molar-refractivity contribution in [3.05, 3.63) is 44.2 Å². The second kappa shape index (κ2) is 7.38. The van der Waals surface area contributed by atoms with Crippen LogP contribution < -0.4 is 0 Å². The first-order valence-electron chi connectivity index (χ1n) is 5.35. The average molecular weight is 324 g/mol. The van der Waals surface area contributed by atoms with Crippen molar-refractivity contribution in [1.82, 2.24) is 0 Å². The number of ether oxygens (including phenoxy) is 1. The molecule has 1 aromatic rings. The lowest BCUT2D eigenvalue weighted by Gasteiger charge is -2.08. The Morgan fingerprint density at radius 3 is 2.89 bits per heavy atom. The van der Waals surface area contributed by atoms with Crippen LogP contribution in [0.3, 0.4) is 0 Å². The van der Waals surface area contributed by atoms with Gasteiger partial charge in [-0.1, -0.05) is 27.1 Å². The van der Waals surface area contributed by atoms with Crippen LogP contribution in [-0.4, -0.2) is 18.5 Å². The van der Waals surface area contributed by atoms with Crippen LogP contribution >= 0.6 is 15.9 Å².